The Labute approximate surface area is 116 Å². The molecule has 5 nitrogen and oxygen atoms in total. The van der Waals surface area contributed by atoms with E-state index in [1.54, 1.807) is 6.92 Å². The first-order chi connectivity index (χ1) is 8.78. The standard InChI is InChI=1S/C14H28N2O3/c1-5-6-7-8-14(3,4)10-16-13(19)15-9-11(2)12(17)18/h11H,5-10H2,1-4H3,(H,17,18)(H2,15,16,19). The number of hydrogen-bond acceptors (Lipinski definition) is 2. The van der Waals surface area contributed by atoms with Gasteiger partial charge in [-0.15, -0.1) is 0 Å². The topological polar surface area (TPSA) is 78.4 Å². The highest BCUT2D eigenvalue weighted by molar-refractivity contribution is 5.75. The van der Waals surface area contributed by atoms with Gasteiger partial charge in [-0.3, -0.25) is 4.79 Å². The van der Waals surface area contributed by atoms with Crippen LogP contribution >= 0.6 is 0 Å². The van der Waals surface area contributed by atoms with Gasteiger partial charge in [0.25, 0.3) is 0 Å². The SMILES string of the molecule is CCCCCC(C)(C)CNC(=O)NCC(C)C(=O)O. The minimum absolute atomic E-state index is 0.0743. The van der Waals surface area contributed by atoms with Crippen molar-refractivity contribution in [1.82, 2.24) is 10.6 Å². The second kappa shape index (κ2) is 8.77. The number of unbranched alkanes of at least 4 members (excludes halogenated alkanes) is 2. The molecule has 19 heavy (non-hydrogen) atoms. The monoisotopic (exact) mass is 272 g/mol. The number of nitrogens with one attached hydrogen (secondary N) is 2. The zero-order valence-electron chi connectivity index (χ0n) is 12.6. The van der Waals surface area contributed by atoms with Gasteiger partial charge in [0.15, 0.2) is 0 Å². The third-order valence-electron chi connectivity index (χ3n) is 3.17. The van der Waals surface area contributed by atoms with Crippen LogP contribution in [0.5, 0.6) is 0 Å². The van der Waals surface area contributed by atoms with Crippen molar-refractivity contribution >= 4 is 12.0 Å². The number of amides is 2. The van der Waals surface area contributed by atoms with Crippen LogP contribution in [0.1, 0.15) is 53.4 Å². The lowest BCUT2D eigenvalue weighted by atomic mass is 9.87. The fourth-order valence-corrected chi connectivity index (χ4v) is 1.66. The molecule has 0 aromatic rings. The Morgan fingerprint density at radius 2 is 1.84 bits per heavy atom. The van der Waals surface area contributed by atoms with Gasteiger partial charge >= 0.3 is 12.0 Å². The Hall–Kier alpha value is -1.26. The van der Waals surface area contributed by atoms with Crippen LogP contribution in [0.25, 0.3) is 0 Å². The predicted octanol–water partition coefficient (Wildman–Crippen LogP) is 2.61. The first-order valence-electron chi connectivity index (χ1n) is 7.03. The predicted molar refractivity (Wildman–Crippen MR) is 76.1 cm³/mol. The van der Waals surface area contributed by atoms with Crippen LogP contribution in [0, 0.1) is 11.3 Å². The first-order valence-corrected chi connectivity index (χ1v) is 7.03. The lowest BCUT2D eigenvalue weighted by Gasteiger charge is -2.25. The quantitative estimate of drug-likeness (QED) is 0.564. The van der Waals surface area contributed by atoms with E-state index in [1.165, 1.54) is 19.3 Å². The normalized spacial score (nSPS) is 12.8. The van der Waals surface area contributed by atoms with Gasteiger partial charge in [0.1, 0.15) is 0 Å². The van der Waals surface area contributed by atoms with Gasteiger partial charge < -0.3 is 15.7 Å². The van der Waals surface area contributed by atoms with Crippen LogP contribution in [0.3, 0.4) is 0 Å². The van der Waals surface area contributed by atoms with Crippen LogP contribution in [0.4, 0.5) is 4.79 Å². The Bertz CT molecular complexity index is 290. The third kappa shape index (κ3) is 9.33. The summed E-state index contributed by atoms with van der Waals surface area (Å²) < 4.78 is 0. The maximum atomic E-state index is 11.5. The number of carbonyl (C=O) groups excluding carboxylic acids is 1. The molecule has 0 radical (unpaired) electrons. The molecule has 1 atom stereocenters. The van der Waals surface area contributed by atoms with Crippen molar-refractivity contribution in [2.45, 2.75) is 53.4 Å². The summed E-state index contributed by atoms with van der Waals surface area (Å²) in [4.78, 5) is 22.1. The number of hydrogen-bond donors (Lipinski definition) is 3. The summed E-state index contributed by atoms with van der Waals surface area (Å²) >= 11 is 0. The molecule has 0 aliphatic rings. The smallest absolute Gasteiger partial charge is 0.314 e. The molecule has 3 N–H and O–H groups in total. The van der Waals surface area contributed by atoms with Crippen molar-refractivity contribution < 1.29 is 14.7 Å². The average Bonchev–Trinajstić information content (AvgIpc) is 2.33. The van der Waals surface area contributed by atoms with Crippen LogP contribution in [0.15, 0.2) is 0 Å². The summed E-state index contributed by atoms with van der Waals surface area (Å²) in [7, 11) is 0. The molecule has 0 aliphatic carbocycles. The van der Waals surface area contributed by atoms with Crippen molar-refractivity contribution in [3.05, 3.63) is 0 Å². The summed E-state index contributed by atoms with van der Waals surface area (Å²) in [6.07, 6.45) is 4.65. The van der Waals surface area contributed by atoms with E-state index >= 15 is 0 Å². The molecule has 0 heterocycles. The summed E-state index contributed by atoms with van der Waals surface area (Å²) in [5, 5.41) is 14.1. The maximum Gasteiger partial charge on any atom is 0.314 e. The fourth-order valence-electron chi connectivity index (χ4n) is 1.66. The molecule has 5 heteroatoms. The van der Waals surface area contributed by atoms with Crippen molar-refractivity contribution in [2.75, 3.05) is 13.1 Å². The van der Waals surface area contributed by atoms with E-state index in [2.05, 4.69) is 31.4 Å². The minimum Gasteiger partial charge on any atom is -0.481 e. The summed E-state index contributed by atoms with van der Waals surface area (Å²) in [5.74, 6) is -1.47. The van der Waals surface area contributed by atoms with E-state index in [-0.39, 0.29) is 18.0 Å². The summed E-state index contributed by atoms with van der Waals surface area (Å²) in [5.41, 5.74) is 0.0743. The second-order valence-electron chi connectivity index (χ2n) is 5.92. The van der Waals surface area contributed by atoms with E-state index in [1.807, 2.05) is 0 Å². The Balaban J connectivity index is 3.85. The van der Waals surface area contributed by atoms with Gasteiger partial charge in [-0.2, -0.15) is 0 Å². The number of carbonyl (C=O) groups is 2. The van der Waals surface area contributed by atoms with Crippen LogP contribution < -0.4 is 10.6 Å². The summed E-state index contributed by atoms with van der Waals surface area (Å²) in [6.45, 7) is 8.74. The third-order valence-corrected chi connectivity index (χ3v) is 3.17. The van der Waals surface area contributed by atoms with Crippen LogP contribution in [0.2, 0.25) is 0 Å². The molecule has 112 valence electrons. The van der Waals surface area contributed by atoms with Crippen LogP contribution in [-0.2, 0) is 4.79 Å². The van der Waals surface area contributed by atoms with Gasteiger partial charge in [-0.1, -0.05) is 47.0 Å². The van der Waals surface area contributed by atoms with E-state index in [0.717, 1.165) is 6.42 Å². The Kier molecular flexibility index (Phi) is 8.19. The molecular weight excluding hydrogens is 244 g/mol. The highest BCUT2D eigenvalue weighted by Gasteiger charge is 2.18. The van der Waals surface area contributed by atoms with E-state index < -0.39 is 11.9 Å². The van der Waals surface area contributed by atoms with Crippen molar-refractivity contribution in [1.29, 1.82) is 0 Å². The molecule has 0 aliphatic heterocycles. The molecule has 0 aromatic heterocycles. The molecule has 0 saturated carbocycles. The largest absolute Gasteiger partial charge is 0.481 e. The molecule has 2 amide bonds. The molecule has 0 rings (SSSR count). The zero-order valence-corrected chi connectivity index (χ0v) is 12.6. The molecular formula is C14H28N2O3. The van der Waals surface area contributed by atoms with Gasteiger partial charge in [0.05, 0.1) is 5.92 Å². The Morgan fingerprint density at radius 1 is 1.21 bits per heavy atom. The second-order valence-corrected chi connectivity index (χ2v) is 5.92. The highest BCUT2D eigenvalue weighted by Crippen LogP contribution is 2.22. The number of urea groups is 1. The molecule has 0 aromatic carbocycles. The zero-order chi connectivity index (χ0) is 14.9. The van der Waals surface area contributed by atoms with E-state index in [0.29, 0.717) is 6.54 Å². The number of aliphatic carboxylic acids is 1. The molecule has 0 fully saturated rings. The average molecular weight is 272 g/mol. The molecule has 0 bridgehead atoms. The molecule has 0 saturated heterocycles. The van der Waals surface area contributed by atoms with Crippen LogP contribution in [-0.4, -0.2) is 30.2 Å². The highest BCUT2D eigenvalue weighted by atomic mass is 16.4. The number of rotatable bonds is 9. The van der Waals surface area contributed by atoms with Crippen molar-refractivity contribution in [3.63, 3.8) is 0 Å². The molecule has 1 unspecified atom stereocenters. The maximum absolute atomic E-state index is 11.5. The summed E-state index contributed by atoms with van der Waals surface area (Å²) in [6, 6.07) is -0.295. The van der Waals surface area contributed by atoms with Crippen molar-refractivity contribution in [2.24, 2.45) is 11.3 Å². The van der Waals surface area contributed by atoms with E-state index in [9.17, 15) is 9.59 Å². The molecule has 0 spiro atoms. The lowest BCUT2D eigenvalue weighted by Crippen LogP contribution is -2.42. The van der Waals surface area contributed by atoms with Gasteiger partial charge in [-0.25, -0.2) is 4.79 Å². The number of carboxylic acids is 1. The van der Waals surface area contributed by atoms with Crippen molar-refractivity contribution in [3.8, 4) is 0 Å². The van der Waals surface area contributed by atoms with Gasteiger partial charge in [0, 0.05) is 13.1 Å². The van der Waals surface area contributed by atoms with Gasteiger partial charge in [-0.05, 0) is 11.8 Å². The first kappa shape index (κ1) is 17.7. The Morgan fingerprint density at radius 3 is 2.37 bits per heavy atom. The fraction of sp³-hybridized carbons (Fsp3) is 0.857. The van der Waals surface area contributed by atoms with Gasteiger partial charge in [0.2, 0.25) is 0 Å². The minimum atomic E-state index is -0.903. The lowest BCUT2D eigenvalue weighted by molar-refractivity contribution is -0.140. The number of carboxylic acid groups (broad SMARTS) is 1. The van der Waals surface area contributed by atoms with E-state index in [4.69, 9.17) is 5.11 Å².